The molecule has 55 heavy (non-hydrogen) atoms. The summed E-state index contributed by atoms with van der Waals surface area (Å²) in [5.74, 6) is 0. The van der Waals surface area contributed by atoms with Crippen LogP contribution in [0.5, 0.6) is 0 Å². The van der Waals surface area contributed by atoms with Gasteiger partial charge in [-0.25, -0.2) is 0 Å². The van der Waals surface area contributed by atoms with Gasteiger partial charge in [0.2, 0.25) is 0 Å². The minimum absolute atomic E-state index is 0.876. The summed E-state index contributed by atoms with van der Waals surface area (Å²) < 4.78 is 0. The van der Waals surface area contributed by atoms with Crippen LogP contribution in [-0.4, -0.2) is 0 Å². The first-order chi connectivity index (χ1) is 27.2. The van der Waals surface area contributed by atoms with Crippen molar-refractivity contribution in [2.24, 2.45) is 0 Å². The molecule has 0 amide bonds. The molecular formula is C53H40N2. The molecule has 0 N–H and O–H groups in total. The van der Waals surface area contributed by atoms with Gasteiger partial charge in [-0.15, -0.1) is 0 Å². The van der Waals surface area contributed by atoms with Crippen molar-refractivity contribution < 1.29 is 0 Å². The minimum atomic E-state index is 0.876. The second kappa shape index (κ2) is 14.7. The van der Waals surface area contributed by atoms with Crippen LogP contribution in [0, 0.1) is 0 Å². The Bertz CT molecular complexity index is 2890. The number of hydrogen-bond donors (Lipinski definition) is 0. The molecule has 0 radical (unpaired) electrons. The van der Waals surface area contributed by atoms with Gasteiger partial charge < -0.3 is 9.80 Å². The van der Waals surface area contributed by atoms with Gasteiger partial charge in [-0.1, -0.05) is 164 Å². The summed E-state index contributed by atoms with van der Waals surface area (Å²) in [6.07, 6.45) is 6.49. The van der Waals surface area contributed by atoms with Crippen LogP contribution in [0.15, 0.2) is 225 Å². The molecule has 0 saturated heterocycles. The van der Waals surface area contributed by atoms with Crippen LogP contribution in [-0.2, 0) is 0 Å². The van der Waals surface area contributed by atoms with Crippen molar-refractivity contribution in [3.8, 4) is 0 Å². The number of nitrogens with zero attached hydrogens (tertiary/aromatic N) is 2. The predicted molar refractivity (Wildman–Crippen MR) is 238 cm³/mol. The summed E-state index contributed by atoms with van der Waals surface area (Å²) in [6, 6.07) is 69.3. The summed E-state index contributed by atoms with van der Waals surface area (Å²) in [5.41, 5.74) is 8.65. The molecule has 0 bridgehead atoms. The zero-order valence-corrected chi connectivity index (χ0v) is 30.8. The summed E-state index contributed by atoms with van der Waals surface area (Å²) in [6.45, 7) is 6.75. The van der Waals surface area contributed by atoms with Gasteiger partial charge in [-0.2, -0.15) is 0 Å². The molecule has 2 nitrogen and oxygen atoms in total. The van der Waals surface area contributed by atoms with Crippen LogP contribution >= 0.6 is 0 Å². The van der Waals surface area contributed by atoms with Crippen LogP contribution in [0.4, 0.5) is 28.4 Å². The van der Waals surface area contributed by atoms with E-state index in [4.69, 9.17) is 0 Å². The smallest absolute Gasteiger partial charge is 0.0546 e. The van der Waals surface area contributed by atoms with E-state index in [-0.39, 0.29) is 0 Å². The molecule has 0 saturated carbocycles. The second-order valence-electron chi connectivity index (χ2n) is 13.8. The van der Waals surface area contributed by atoms with Gasteiger partial charge in [-0.3, -0.25) is 0 Å². The standard InChI is InChI=1S/C53H40N2/c1-3-39(31-30-38(2)54(43-20-6-4-7-21-43)52-36-41-18-10-12-24-46(41)48-26-14-16-28-50(48)52)40-32-34-45(35-33-40)55(44-22-8-5-9-23-44)53-37-42-19-11-13-25-47(42)49-27-15-17-29-51(49)53/h3-37H,2H2,1H3/b31-30-,39-3+. The van der Waals surface area contributed by atoms with E-state index in [2.05, 4.69) is 236 Å². The van der Waals surface area contributed by atoms with Gasteiger partial charge in [0.25, 0.3) is 0 Å². The van der Waals surface area contributed by atoms with Crippen molar-refractivity contribution in [1.82, 2.24) is 0 Å². The first-order valence-electron chi connectivity index (χ1n) is 18.8. The molecule has 0 aliphatic rings. The lowest BCUT2D eigenvalue weighted by Crippen LogP contribution is -2.14. The third-order valence-corrected chi connectivity index (χ3v) is 10.5. The van der Waals surface area contributed by atoms with Crippen LogP contribution < -0.4 is 9.80 Å². The lowest BCUT2D eigenvalue weighted by Gasteiger charge is -2.28. The lowest BCUT2D eigenvalue weighted by atomic mass is 9.98. The quantitative estimate of drug-likeness (QED) is 0.109. The Balaban J connectivity index is 1.09. The summed E-state index contributed by atoms with van der Waals surface area (Å²) in [5, 5.41) is 9.79. The molecule has 0 aliphatic carbocycles. The number of fused-ring (bicyclic) bond motifs is 6. The van der Waals surface area contributed by atoms with Crippen molar-refractivity contribution in [1.29, 1.82) is 0 Å². The fourth-order valence-electron chi connectivity index (χ4n) is 7.90. The lowest BCUT2D eigenvalue weighted by molar-refractivity contribution is 1.23. The predicted octanol–water partition coefficient (Wildman–Crippen LogP) is 15.1. The average Bonchev–Trinajstić information content (AvgIpc) is 3.25. The monoisotopic (exact) mass is 704 g/mol. The number of rotatable bonds is 9. The van der Waals surface area contributed by atoms with Crippen LogP contribution in [0.3, 0.4) is 0 Å². The zero-order chi connectivity index (χ0) is 37.1. The summed E-state index contributed by atoms with van der Waals surface area (Å²) in [7, 11) is 0. The molecule has 0 fully saturated rings. The number of benzene rings is 9. The molecule has 2 heteroatoms. The molecule has 0 aliphatic heterocycles. The molecule has 9 aromatic carbocycles. The molecule has 262 valence electrons. The Kier molecular flexibility index (Phi) is 8.99. The highest BCUT2D eigenvalue weighted by atomic mass is 15.1. The molecular weight excluding hydrogens is 665 g/mol. The van der Waals surface area contributed by atoms with E-state index in [1.807, 2.05) is 0 Å². The zero-order valence-electron chi connectivity index (χ0n) is 30.8. The highest BCUT2D eigenvalue weighted by Gasteiger charge is 2.19. The number of para-hydroxylation sites is 2. The largest absolute Gasteiger partial charge is 0.310 e. The molecule has 0 heterocycles. The maximum atomic E-state index is 4.65. The first kappa shape index (κ1) is 33.7. The number of allylic oxidation sites excluding steroid dienone is 4. The fourth-order valence-corrected chi connectivity index (χ4v) is 7.90. The van der Waals surface area contributed by atoms with Gasteiger partial charge in [-0.05, 0) is 105 Å². The van der Waals surface area contributed by atoms with Gasteiger partial charge >= 0.3 is 0 Å². The Labute approximate surface area is 322 Å². The second-order valence-corrected chi connectivity index (χ2v) is 13.8. The van der Waals surface area contributed by atoms with Gasteiger partial charge in [0.1, 0.15) is 0 Å². The third-order valence-electron chi connectivity index (χ3n) is 10.5. The average molecular weight is 705 g/mol. The van der Waals surface area contributed by atoms with E-state index < -0.39 is 0 Å². The maximum Gasteiger partial charge on any atom is 0.0546 e. The van der Waals surface area contributed by atoms with Crippen LogP contribution in [0.2, 0.25) is 0 Å². The fraction of sp³-hybridized carbons (Fsp3) is 0.0189. The van der Waals surface area contributed by atoms with Crippen molar-refractivity contribution >= 4 is 77.1 Å². The Morgan fingerprint density at radius 2 is 0.855 bits per heavy atom. The number of hydrogen-bond acceptors (Lipinski definition) is 2. The minimum Gasteiger partial charge on any atom is -0.310 e. The topological polar surface area (TPSA) is 6.48 Å². The molecule has 9 rings (SSSR count). The van der Waals surface area contributed by atoms with E-state index in [0.29, 0.717) is 0 Å². The van der Waals surface area contributed by atoms with E-state index in [9.17, 15) is 0 Å². The Morgan fingerprint density at radius 3 is 1.42 bits per heavy atom. The van der Waals surface area contributed by atoms with Gasteiger partial charge in [0.15, 0.2) is 0 Å². The molecule has 9 aromatic rings. The molecule has 0 aromatic heterocycles. The Morgan fingerprint density at radius 1 is 0.418 bits per heavy atom. The number of anilines is 5. The SMILES string of the molecule is C=C(/C=C\C(=C/C)c1ccc(N(c2ccccc2)c2cc3ccccc3c3ccccc23)cc1)N(c1ccccc1)c1cc2ccccc2c2ccccc12. The van der Waals surface area contributed by atoms with E-state index in [1.165, 1.54) is 43.1 Å². The van der Waals surface area contributed by atoms with E-state index in [1.54, 1.807) is 0 Å². The van der Waals surface area contributed by atoms with E-state index >= 15 is 0 Å². The molecule has 0 atom stereocenters. The summed E-state index contributed by atoms with van der Waals surface area (Å²) in [4.78, 5) is 4.64. The van der Waals surface area contributed by atoms with Crippen molar-refractivity contribution in [3.05, 3.63) is 230 Å². The normalized spacial score (nSPS) is 11.8. The first-order valence-corrected chi connectivity index (χ1v) is 18.8. The summed E-state index contributed by atoms with van der Waals surface area (Å²) >= 11 is 0. The third kappa shape index (κ3) is 6.34. The van der Waals surface area contributed by atoms with Crippen molar-refractivity contribution in [2.75, 3.05) is 9.80 Å². The Hall–Kier alpha value is -7.16. The highest BCUT2D eigenvalue weighted by Crippen LogP contribution is 2.43. The van der Waals surface area contributed by atoms with E-state index in [0.717, 1.165) is 45.3 Å². The van der Waals surface area contributed by atoms with Crippen molar-refractivity contribution in [3.63, 3.8) is 0 Å². The van der Waals surface area contributed by atoms with Crippen LogP contribution in [0.25, 0.3) is 48.7 Å². The molecule has 0 unspecified atom stereocenters. The van der Waals surface area contributed by atoms with Gasteiger partial charge in [0.05, 0.1) is 11.4 Å². The molecule has 0 spiro atoms. The van der Waals surface area contributed by atoms with Gasteiger partial charge in [0, 0.05) is 33.5 Å². The maximum absolute atomic E-state index is 4.65. The van der Waals surface area contributed by atoms with Crippen LogP contribution in [0.1, 0.15) is 12.5 Å². The highest BCUT2D eigenvalue weighted by molar-refractivity contribution is 6.15. The van der Waals surface area contributed by atoms with Crippen molar-refractivity contribution in [2.45, 2.75) is 6.92 Å².